The van der Waals surface area contributed by atoms with Gasteiger partial charge in [-0.2, -0.15) is 0 Å². The van der Waals surface area contributed by atoms with Gasteiger partial charge < -0.3 is 10.2 Å². The Balaban J connectivity index is 1.76. The van der Waals surface area contributed by atoms with Gasteiger partial charge in [0.25, 0.3) is 0 Å². The Kier molecular flexibility index (Phi) is 4.28. The molecule has 0 aromatic carbocycles. The average Bonchev–Trinajstić information content (AvgIpc) is 3.06. The van der Waals surface area contributed by atoms with Crippen molar-refractivity contribution in [3.63, 3.8) is 0 Å². The molecule has 1 N–H and O–H groups in total. The summed E-state index contributed by atoms with van der Waals surface area (Å²) >= 11 is 1.93. The number of nitrogens with one attached hydrogen (secondary N) is 1. The maximum atomic E-state index is 5.05. The van der Waals surface area contributed by atoms with Crippen molar-refractivity contribution in [2.75, 3.05) is 18.0 Å². The van der Waals surface area contributed by atoms with Gasteiger partial charge in [0, 0.05) is 29.4 Å². The van der Waals surface area contributed by atoms with E-state index in [4.69, 9.17) is 4.98 Å². The lowest BCUT2D eigenvalue weighted by atomic mass is 10.0. The van der Waals surface area contributed by atoms with E-state index >= 15 is 0 Å². The van der Waals surface area contributed by atoms with E-state index in [1.807, 2.05) is 11.3 Å². The molecule has 1 aliphatic heterocycles. The smallest absolute Gasteiger partial charge is 0.186 e. The van der Waals surface area contributed by atoms with E-state index in [0.29, 0.717) is 5.92 Å². The highest BCUT2D eigenvalue weighted by Gasteiger charge is 2.36. The summed E-state index contributed by atoms with van der Waals surface area (Å²) in [5.41, 5.74) is 1.68. The number of rotatable bonds is 6. The van der Waals surface area contributed by atoms with Crippen molar-refractivity contribution < 1.29 is 0 Å². The van der Waals surface area contributed by atoms with Crippen LogP contribution in [0.4, 0.5) is 5.13 Å². The van der Waals surface area contributed by atoms with E-state index in [0.717, 1.165) is 19.0 Å². The maximum Gasteiger partial charge on any atom is 0.186 e. The van der Waals surface area contributed by atoms with Crippen molar-refractivity contribution in [3.8, 4) is 0 Å². The Bertz CT molecular complexity index is 488. The summed E-state index contributed by atoms with van der Waals surface area (Å²) in [5, 5.41) is 4.87. The minimum atomic E-state index is 0.279. The lowest BCUT2D eigenvalue weighted by Gasteiger charge is -2.31. The molecular weight excluding hydrogens is 278 g/mol. The molecule has 0 radical (unpaired) electrons. The molecule has 21 heavy (non-hydrogen) atoms. The zero-order chi connectivity index (χ0) is 15.0. The molecule has 118 valence electrons. The summed E-state index contributed by atoms with van der Waals surface area (Å²) in [4.78, 5) is 9.07. The van der Waals surface area contributed by atoms with Crippen molar-refractivity contribution in [3.05, 3.63) is 10.6 Å². The van der Waals surface area contributed by atoms with Gasteiger partial charge >= 0.3 is 0 Å². The minimum absolute atomic E-state index is 0.279. The lowest BCUT2D eigenvalue weighted by Crippen LogP contribution is -2.38. The molecular formula is C17H29N3S. The highest BCUT2D eigenvalue weighted by molar-refractivity contribution is 7.15. The van der Waals surface area contributed by atoms with Crippen LogP contribution in [0.15, 0.2) is 0 Å². The predicted molar refractivity (Wildman–Crippen MR) is 91.3 cm³/mol. The molecule has 0 bridgehead atoms. The molecule has 3 rings (SSSR count). The standard InChI is InChI=1S/C17H29N3S/c1-12(2)10-18-11-14-15(13-6-7-13)19-16(21-14)20-9-5-8-17(20,3)4/h12-13,18H,5-11H2,1-4H3. The van der Waals surface area contributed by atoms with Crippen LogP contribution < -0.4 is 10.2 Å². The second kappa shape index (κ2) is 5.88. The summed E-state index contributed by atoms with van der Waals surface area (Å²) in [6, 6.07) is 0. The Morgan fingerprint density at radius 1 is 1.38 bits per heavy atom. The van der Waals surface area contributed by atoms with Gasteiger partial charge in [0.1, 0.15) is 0 Å². The normalized spacial score (nSPS) is 21.5. The van der Waals surface area contributed by atoms with Crippen LogP contribution in [0.3, 0.4) is 0 Å². The SMILES string of the molecule is CC(C)CNCc1sc(N2CCCC2(C)C)nc1C1CC1. The highest BCUT2D eigenvalue weighted by atomic mass is 32.1. The fourth-order valence-electron chi connectivity index (χ4n) is 3.20. The van der Waals surface area contributed by atoms with E-state index in [2.05, 4.69) is 37.9 Å². The third-order valence-corrected chi connectivity index (χ3v) is 5.74. The second-order valence-corrected chi connectivity index (χ2v) is 8.73. The third kappa shape index (κ3) is 3.42. The molecule has 1 saturated heterocycles. The van der Waals surface area contributed by atoms with E-state index in [-0.39, 0.29) is 5.54 Å². The zero-order valence-electron chi connectivity index (χ0n) is 13.9. The summed E-state index contributed by atoms with van der Waals surface area (Å²) in [5.74, 6) is 1.45. The Labute approximate surface area is 133 Å². The summed E-state index contributed by atoms with van der Waals surface area (Å²) < 4.78 is 0. The number of hydrogen-bond acceptors (Lipinski definition) is 4. The van der Waals surface area contributed by atoms with Crippen LogP contribution in [-0.2, 0) is 6.54 Å². The van der Waals surface area contributed by atoms with Gasteiger partial charge in [-0.1, -0.05) is 13.8 Å². The first-order valence-corrected chi connectivity index (χ1v) is 9.27. The largest absolute Gasteiger partial charge is 0.343 e. The molecule has 0 spiro atoms. The first-order valence-electron chi connectivity index (χ1n) is 8.45. The molecule has 1 aromatic rings. The molecule has 2 heterocycles. The van der Waals surface area contributed by atoms with Gasteiger partial charge in [-0.05, 0) is 52.0 Å². The van der Waals surface area contributed by atoms with E-state index < -0.39 is 0 Å². The van der Waals surface area contributed by atoms with Gasteiger partial charge in [-0.25, -0.2) is 4.98 Å². The van der Waals surface area contributed by atoms with Gasteiger partial charge in [0.2, 0.25) is 0 Å². The van der Waals surface area contributed by atoms with Gasteiger partial charge in [-0.15, -0.1) is 11.3 Å². The topological polar surface area (TPSA) is 28.2 Å². The van der Waals surface area contributed by atoms with Crippen molar-refractivity contribution >= 4 is 16.5 Å². The van der Waals surface area contributed by atoms with E-state index in [1.165, 1.54) is 47.9 Å². The summed E-state index contributed by atoms with van der Waals surface area (Å²) in [7, 11) is 0. The van der Waals surface area contributed by atoms with Crippen LogP contribution >= 0.6 is 11.3 Å². The van der Waals surface area contributed by atoms with Crippen LogP contribution in [0, 0.1) is 5.92 Å². The first-order chi connectivity index (χ1) is 9.97. The lowest BCUT2D eigenvalue weighted by molar-refractivity contribution is 0.517. The molecule has 0 amide bonds. The quantitative estimate of drug-likeness (QED) is 0.856. The Hall–Kier alpha value is -0.610. The second-order valence-electron chi connectivity index (χ2n) is 7.67. The van der Waals surface area contributed by atoms with Gasteiger partial charge in [-0.3, -0.25) is 0 Å². The molecule has 0 unspecified atom stereocenters. The van der Waals surface area contributed by atoms with E-state index in [9.17, 15) is 0 Å². The van der Waals surface area contributed by atoms with Crippen molar-refractivity contribution in [2.45, 2.75) is 71.4 Å². The molecule has 4 heteroatoms. The van der Waals surface area contributed by atoms with Crippen LogP contribution in [0.5, 0.6) is 0 Å². The Morgan fingerprint density at radius 3 is 2.71 bits per heavy atom. The number of aromatic nitrogens is 1. The van der Waals surface area contributed by atoms with Crippen LogP contribution in [-0.4, -0.2) is 23.6 Å². The third-order valence-electron chi connectivity index (χ3n) is 4.65. The molecule has 2 aliphatic rings. The fourth-order valence-corrected chi connectivity index (χ4v) is 4.51. The predicted octanol–water partition coefficient (Wildman–Crippen LogP) is 4.14. The minimum Gasteiger partial charge on any atom is -0.343 e. The number of hydrogen-bond donors (Lipinski definition) is 1. The first kappa shape index (κ1) is 15.3. The van der Waals surface area contributed by atoms with E-state index in [1.54, 1.807) is 0 Å². The summed E-state index contributed by atoms with van der Waals surface area (Å²) in [6.07, 6.45) is 5.26. The van der Waals surface area contributed by atoms with Crippen molar-refractivity contribution in [1.82, 2.24) is 10.3 Å². The number of thiazole rings is 1. The molecule has 2 fully saturated rings. The number of anilines is 1. The van der Waals surface area contributed by atoms with Gasteiger partial charge in [0.05, 0.1) is 5.69 Å². The van der Waals surface area contributed by atoms with Gasteiger partial charge in [0.15, 0.2) is 5.13 Å². The maximum absolute atomic E-state index is 5.05. The number of nitrogens with zero attached hydrogens (tertiary/aromatic N) is 2. The average molecular weight is 308 g/mol. The summed E-state index contributed by atoms with van der Waals surface area (Å²) in [6.45, 7) is 12.5. The zero-order valence-corrected chi connectivity index (χ0v) is 14.7. The van der Waals surface area contributed by atoms with Crippen molar-refractivity contribution in [1.29, 1.82) is 0 Å². The molecule has 1 aliphatic carbocycles. The van der Waals surface area contributed by atoms with Crippen LogP contribution in [0.2, 0.25) is 0 Å². The van der Waals surface area contributed by atoms with Crippen molar-refractivity contribution in [2.24, 2.45) is 5.92 Å². The molecule has 1 saturated carbocycles. The molecule has 1 aromatic heterocycles. The van der Waals surface area contributed by atoms with Crippen LogP contribution in [0.25, 0.3) is 0 Å². The molecule has 0 atom stereocenters. The monoisotopic (exact) mass is 307 g/mol. The Morgan fingerprint density at radius 2 is 2.14 bits per heavy atom. The highest BCUT2D eigenvalue weighted by Crippen LogP contribution is 2.45. The van der Waals surface area contributed by atoms with Crippen LogP contribution in [0.1, 0.15) is 69.9 Å². The molecule has 3 nitrogen and oxygen atoms in total. The fraction of sp³-hybridized carbons (Fsp3) is 0.824.